The highest BCUT2D eigenvalue weighted by Gasteiger charge is 2.37. The molecule has 12 heteroatoms. The van der Waals surface area contributed by atoms with Crippen LogP contribution in [0.2, 0.25) is 0 Å². The predicted octanol–water partition coefficient (Wildman–Crippen LogP) is 2.17. The van der Waals surface area contributed by atoms with Gasteiger partial charge in [0.1, 0.15) is 6.04 Å². The molecule has 11 nitrogen and oxygen atoms in total. The van der Waals surface area contributed by atoms with Crippen LogP contribution in [0.1, 0.15) is 50.0 Å². The Kier molecular flexibility index (Phi) is 12.5. The molecule has 0 aromatic heterocycles. The van der Waals surface area contributed by atoms with E-state index in [4.69, 9.17) is 24.3 Å². The fourth-order valence-corrected chi connectivity index (χ4v) is 4.79. The molecule has 0 bridgehead atoms. The van der Waals surface area contributed by atoms with Crippen molar-refractivity contribution in [1.29, 1.82) is 0 Å². The Labute approximate surface area is 199 Å². The minimum Gasteiger partial charge on any atom is -0.466 e. The normalized spacial score (nSPS) is 12.9. The van der Waals surface area contributed by atoms with Gasteiger partial charge in [-0.3, -0.25) is 23.7 Å². The van der Waals surface area contributed by atoms with Crippen LogP contribution in [0.15, 0.2) is 24.3 Å². The van der Waals surface area contributed by atoms with Crippen molar-refractivity contribution in [2.24, 2.45) is 11.7 Å². The van der Waals surface area contributed by atoms with E-state index in [-0.39, 0.29) is 38.2 Å². The third-order valence-corrected chi connectivity index (χ3v) is 6.58. The van der Waals surface area contributed by atoms with E-state index < -0.39 is 49.7 Å². The molecule has 0 saturated heterocycles. The summed E-state index contributed by atoms with van der Waals surface area (Å²) in [4.78, 5) is 49.2. The number of amides is 2. The van der Waals surface area contributed by atoms with Crippen molar-refractivity contribution in [3.8, 4) is 0 Å². The number of rotatable bonds is 15. The van der Waals surface area contributed by atoms with Gasteiger partial charge in [0.05, 0.1) is 44.9 Å². The predicted molar refractivity (Wildman–Crippen MR) is 123 cm³/mol. The van der Waals surface area contributed by atoms with E-state index in [0.29, 0.717) is 5.56 Å². The minimum absolute atomic E-state index is 0.00635. The SMILES string of the molecule is CCOC(=O)C[C@H](C(=O)OCC)[C@H](NC(=O)c1ccc(CP(=O)(OCC)OCC)cc1)C(N)=O. The monoisotopic (exact) mass is 500 g/mol. The van der Waals surface area contributed by atoms with Crippen LogP contribution in [-0.2, 0) is 43.6 Å². The fourth-order valence-electron chi connectivity index (χ4n) is 3.09. The van der Waals surface area contributed by atoms with Crippen molar-refractivity contribution in [1.82, 2.24) is 5.32 Å². The Bertz CT molecular complexity index is 879. The molecular weight excluding hydrogens is 467 g/mol. The summed E-state index contributed by atoms with van der Waals surface area (Å²) >= 11 is 0. The van der Waals surface area contributed by atoms with Crippen LogP contribution in [0.5, 0.6) is 0 Å². The van der Waals surface area contributed by atoms with Crippen LogP contribution < -0.4 is 11.1 Å². The lowest BCUT2D eigenvalue weighted by Gasteiger charge is -2.23. The first-order valence-electron chi connectivity index (χ1n) is 11.0. The lowest BCUT2D eigenvalue weighted by Crippen LogP contribution is -2.52. The molecule has 0 unspecified atom stereocenters. The Morgan fingerprint density at radius 2 is 1.47 bits per heavy atom. The number of hydrogen-bond acceptors (Lipinski definition) is 9. The molecule has 1 rings (SSSR count). The van der Waals surface area contributed by atoms with E-state index in [0.717, 1.165) is 0 Å². The zero-order chi connectivity index (χ0) is 25.7. The molecule has 2 atom stereocenters. The zero-order valence-electron chi connectivity index (χ0n) is 19.9. The second kappa shape index (κ2) is 14.5. The summed E-state index contributed by atoms with van der Waals surface area (Å²) in [5, 5.41) is 2.40. The standard InChI is InChI=1S/C22H33N2O9P/c1-5-30-18(25)13-17(22(28)31-6-2)19(20(23)26)24-21(27)16-11-9-15(10-12-16)14-34(29,32-7-3)33-8-4/h9-12,17,19H,5-8,13-14H2,1-4H3,(H2,23,26)(H,24,27)/t17-,19-/m0/s1. The molecular formula is C22H33N2O9P. The second-order valence-electron chi connectivity index (χ2n) is 7.02. The summed E-state index contributed by atoms with van der Waals surface area (Å²) in [7, 11) is -3.32. The highest BCUT2D eigenvalue weighted by atomic mass is 31.2. The summed E-state index contributed by atoms with van der Waals surface area (Å²) in [5.74, 6) is -4.67. The number of primary amides is 1. The lowest BCUT2D eigenvalue weighted by molar-refractivity contribution is -0.156. The van der Waals surface area contributed by atoms with Crippen LogP contribution >= 0.6 is 7.60 Å². The number of benzene rings is 1. The third-order valence-electron chi connectivity index (χ3n) is 4.52. The van der Waals surface area contributed by atoms with Gasteiger partial charge in [-0.2, -0.15) is 0 Å². The van der Waals surface area contributed by atoms with Crippen LogP contribution in [0.4, 0.5) is 0 Å². The molecule has 1 aromatic carbocycles. The molecule has 0 fully saturated rings. The number of nitrogens with two attached hydrogens (primary N) is 1. The van der Waals surface area contributed by atoms with Crippen LogP contribution in [0.25, 0.3) is 0 Å². The van der Waals surface area contributed by atoms with Gasteiger partial charge in [0.15, 0.2) is 0 Å². The van der Waals surface area contributed by atoms with Crippen molar-refractivity contribution in [3.05, 3.63) is 35.4 Å². The molecule has 1 aromatic rings. The zero-order valence-corrected chi connectivity index (χ0v) is 20.8. The van der Waals surface area contributed by atoms with E-state index in [1.165, 1.54) is 12.1 Å². The summed E-state index contributed by atoms with van der Waals surface area (Å²) in [6.45, 7) is 7.10. The largest absolute Gasteiger partial charge is 0.466 e. The highest BCUT2D eigenvalue weighted by Crippen LogP contribution is 2.51. The molecule has 0 spiro atoms. The van der Waals surface area contributed by atoms with Crippen molar-refractivity contribution in [2.75, 3.05) is 26.4 Å². The van der Waals surface area contributed by atoms with Crippen molar-refractivity contribution in [3.63, 3.8) is 0 Å². The Hall–Kier alpha value is -2.75. The van der Waals surface area contributed by atoms with Gasteiger partial charge in [-0.15, -0.1) is 0 Å². The summed E-state index contributed by atoms with van der Waals surface area (Å²) in [5.41, 5.74) is 6.19. The number of esters is 2. The summed E-state index contributed by atoms with van der Waals surface area (Å²) < 4.78 is 33.0. The van der Waals surface area contributed by atoms with Crippen molar-refractivity contribution >= 4 is 31.3 Å². The van der Waals surface area contributed by atoms with E-state index in [2.05, 4.69) is 5.32 Å². The smallest absolute Gasteiger partial charge is 0.335 e. The fraction of sp³-hybridized carbons (Fsp3) is 0.545. The molecule has 190 valence electrons. The molecule has 0 heterocycles. The first kappa shape index (κ1) is 29.3. The number of carbonyl (C=O) groups is 4. The second-order valence-corrected chi connectivity index (χ2v) is 9.08. The molecule has 34 heavy (non-hydrogen) atoms. The molecule has 0 radical (unpaired) electrons. The van der Waals surface area contributed by atoms with Crippen molar-refractivity contribution < 1.29 is 42.3 Å². The summed E-state index contributed by atoms with van der Waals surface area (Å²) in [6.07, 6.45) is -0.478. The molecule has 0 aliphatic rings. The van der Waals surface area contributed by atoms with Gasteiger partial charge in [0.2, 0.25) is 5.91 Å². The van der Waals surface area contributed by atoms with Crippen molar-refractivity contribution in [2.45, 2.75) is 46.3 Å². The van der Waals surface area contributed by atoms with E-state index in [1.54, 1.807) is 39.8 Å². The maximum atomic E-state index is 12.8. The third kappa shape index (κ3) is 9.24. The van der Waals surface area contributed by atoms with Gasteiger partial charge < -0.3 is 29.6 Å². The van der Waals surface area contributed by atoms with Crippen LogP contribution in [0.3, 0.4) is 0 Å². The number of hydrogen-bond donors (Lipinski definition) is 2. The number of ether oxygens (including phenoxy) is 2. The molecule has 0 aliphatic carbocycles. The van der Waals surface area contributed by atoms with Gasteiger partial charge in [0.25, 0.3) is 5.91 Å². The minimum atomic E-state index is -3.32. The van der Waals surface area contributed by atoms with Crippen LogP contribution in [0, 0.1) is 5.92 Å². The molecule has 3 N–H and O–H groups in total. The maximum absolute atomic E-state index is 12.8. The topological polar surface area (TPSA) is 160 Å². The molecule has 0 saturated carbocycles. The first-order chi connectivity index (χ1) is 16.1. The lowest BCUT2D eigenvalue weighted by atomic mass is 9.95. The number of carbonyl (C=O) groups excluding carboxylic acids is 4. The van der Waals surface area contributed by atoms with Crippen LogP contribution in [-0.4, -0.2) is 56.2 Å². The quantitative estimate of drug-likeness (QED) is 0.272. The first-order valence-corrected chi connectivity index (χ1v) is 12.7. The maximum Gasteiger partial charge on any atom is 0.335 e. The Morgan fingerprint density at radius 1 is 0.912 bits per heavy atom. The molecule has 2 amide bonds. The average Bonchev–Trinajstić information content (AvgIpc) is 2.76. The van der Waals surface area contributed by atoms with Gasteiger partial charge in [-0.1, -0.05) is 12.1 Å². The number of nitrogens with one attached hydrogen (secondary N) is 1. The average molecular weight is 500 g/mol. The van der Waals surface area contributed by atoms with Gasteiger partial charge in [-0.05, 0) is 45.4 Å². The van der Waals surface area contributed by atoms with Gasteiger partial charge in [0, 0.05) is 5.56 Å². The van der Waals surface area contributed by atoms with Gasteiger partial charge in [-0.25, -0.2) is 0 Å². The molecule has 0 aliphatic heterocycles. The Balaban J connectivity index is 3.05. The van der Waals surface area contributed by atoms with E-state index >= 15 is 0 Å². The summed E-state index contributed by atoms with van der Waals surface area (Å²) in [6, 6.07) is 4.54. The van der Waals surface area contributed by atoms with Gasteiger partial charge >= 0.3 is 19.5 Å². The van der Waals surface area contributed by atoms with E-state index in [9.17, 15) is 23.7 Å². The highest BCUT2D eigenvalue weighted by molar-refractivity contribution is 7.53. The van der Waals surface area contributed by atoms with E-state index in [1.807, 2.05) is 0 Å². The Morgan fingerprint density at radius 3 is 1.94 bits per heavy atom.